The van der Waals surface area contributed by atoms with E-state index in [9.17, 15) is 4.79 Å². The lowest BCUT2D eigenvalue weighted by atomic mass is 10.1. The molecular formula is C12H18N4O. The largest absolute Gasteiger partial charge is 0.354 e. The highest BCUT2D eigenvalue weighted by atomic mass is 16.1. The molecule has 5 nitrogen and oxygen atoms in total. The maximum atomic E-state index is 11.1. The van der Waals surface area contributed by atoms with E-state index >= 15 is 0 Å². The van der Waals surface area contributed by atoms with Crippen molar-refractivity contribution in [2.24, 2.45) is 0 Å². The molecule has 1 saturated carbocycles. The molecule has 2 heterocycles. The van der Waals surface area contributed by atoms with Gasteiger partial charge in [0.25, 0.3) is 0 Å². The highest BCUT2D eigenvalue weighted by Gasteiger charge is 2.23. The monoisotopic (exact) mass is 234 g/mol. The molecule has 0 radical (unpaired) electrons. The average Bonchev–Trinajstić information content (AvgIpc) is 3.06. The number of imidazole rings is 1. The van der Waals surface area contributed by atoms with Crippen molar-refractivity contribution < 1.29 is 4.79 Å². The summed E-state index contributed by atoms with van der Waals surface area (Å²) in [4.78, 5) is 15.4. The van der Waals surface area contributed by atoms with Crippen LogP contribution in [-0.2, 0) is 11.3 Å². The third-order valence-corrected chi connectivity index (χ3v) is 3.53. The minimum Gasteiger partial charge on any atom is -0.354 e. The van der Waals surface area contributed by atoms with Gasteiger partial charge in [-0.1, -0.05) is 0 Å². The zero-order chi connectivity index (χ0) is 11.7. The Balaban J connectivity index is 1.64. The third kappa shape index (κ3) is 2.49. The molecule has 5 heteroatoms. The number of nitrogens with zero attached hydrogens (tertiary/aromatic N) is 2. The zero-order valence-electron chi connectivity index (χ0n) is 9.85. The Hall–Kier alpha value is -1.36. The van der Waals surface area contributed by atoms with Crippen LogP contribution < -0.4 is 10.6 Å². The molecule has 1 aliphatic carbocycles. The van der Waals surface area contributed by atoms with Crippen molar-refractivity contribution in [2.75, 3.05) is 6.54 Å². The summed E-state index contributed by atoms with van der Waals surface area (Å²) in [6.07, 6.45) is 7.94. The summed E-state index contributed by atoms with van der Waals surface area (Å²) >= 11 is 0. The van der Waals surface area contributed by atoms with Gasteiger partial charge in [0.1, 0.15) is 0 Å². The summed E-state index contributed by atoms with van der Waals surface area (Å²) in [5.41, 5.74) is 1.22. The molecule has 3 rings (SSSR count). The highest BCUT2D eigenvalue weighted by molar-refractivity contribution is 5.76. The van der Waals surface area contributed by atoms with Gasteiger partial charge in [0, 0.05) is 31.7 Å². The van der Waals surface area contributed by atoms with Crippen LogP contribution in [0.3, 0.4) is 0 Å². The summed E-state index contributed by atoms with van der Waals surface area (Å²) in [7, 11) is 0. The first-order chi connectivity index (χ1) is 8.33. The standard InChI is InChI=1S/C12H18N4O/c17-12-4-3-10(6-15-12)16-8-13-5-11(16)7-14-9-1-2-9/h5,8-10,14H,1-4,6-7H2,(H,15,17). The number of aromatic nitrogens is 2. The number of carbonyl (C=O) groups is 1. The van der Waals surface area contributed by atoms with Gasteiger partial charge in [-0.3, -0.25) is 4.79 Å². The van der Waals surface area contributed by atoms with Crippen LogP contribution in [0.4, 0.5) is 0 Å². The molecule has 0 aromatic carbocycles. The lowest BCUT2D eigenvalue weighted by molar-refractivity contribution is -0.122. The number of nitrogens with one attached hydrogen (secondary N) is 2. The molecule has 0 bridgehead atoms. The lowest BCUT2D eigenvalue weighted by Gasteiger charge is -2.25. The average molecular weight is 234 g/mol. The third-order valence-electron chi connectivity index (χ3n) is 3.53. The van der Waals surface area contributed by atoms with Crippen molar-refractivity contribution in [3.05, 3.63) is 18.2 Å². The van der Waals surface area contributed by atoms with E-state index in [4.69, 9.17) is 0 Å². The maximum absolute atomic E-state index is 11.1. The molecule has 2 N–H and O–H groups in total. The van der Waals surface area contributed by atoms with Gasteiger partial charge in [0.05, 0.1) is 18.1 Å². The Morgan fingerprint density at radius 1 is 1.47 bits per heavy atom. The number of piperidine rings is 1. The smallest absolute Gasteiger partial charge is 0.220 e. The summed E-state index contributed by atoms with van der Waals surface area (Å²) < 4.78 is 2.20. The van der Waals surface area contributed by atoms with Crippen molar-refractivity contribution in [1.29, 1.82) is 0 Å². The van der Waals surface area contributed by atoms with Crippen LogP contribution in [-0.4, -0.2) is 28.0 Å². The molecule has 2 aliphatic rings. The van der Waals surface area contributed by atoms with Crippen LogP contribution >= 0.6 is 0 Å². The normalized spacial score (nSPS) is 24.7. The van der Waals surface area contributed by atoms with E-state index in [1.165, 1.54) is 18.5 Å². The molecule has 1 amide bonds. The van der Waals surface area contributed by atoms with Gasteiger partial charge in [0.2, 0.25) is 5.91 Å². The fourth-order valence-corrected chi connectivity index (χ4v) is 2.29. The molecule has 1 aromatic heterocycles. The predicted molar refractivity (Wildman–Crippen MR) is 63.4 cm³/mol. The van der Waals surface area contributed by atoms with E-state index in [1.807, 2.05) is 12.5 Å². The molecule has 1 atom stereocenters. The van der Waals surface area contributed by atoms with Gasteiger partial charge in [-0.25, -0.2) is 4.98 Å². The van der Waals surface area contributed by atoms with Gasteiger partial charge in [-0.2, -0.15) is 0 Å². The zero-order valence-corrected chi connectivity index (χ0v) is 9.85. The molecule has 1 aliphatic heterocycles. The second kappa shape index (κ2) is 4.49. The quantitative estimate of drug-likeness (QED) is 0.801. The molecule has 92 valence electrons. The van der Waals surface area contributed by atoms with Crippen LogP contribution in [0.25, 0.3) is 0 Å². The van der Waals surface area contributed by atoms with Gasteiger partial charge in [0.15, 0.2) is 0 Å². The fraction of sp³-hybridized carbons (Fsp3) is 0.667. The Labute approximate surface area is 101 Å². The maximum Gasteiger partial charge on any atom is 0.220 e. The first-order valence-corrected chi connectivity index (χ1v) is 6.34. The topological polar surface area (TPSA) is 59.0 Å². The van der Waals surface area contributed by atoms with E-state index in [0.717, 1.165) is 19.5 Å². The molecule has 2 fully saturated rings. The van der Waals surface area contributed by atoms with Crippen molar-refractivity contribution in [1.82, 2.24) is 20.2 Å². The minimum absolute atomic E-state index is 0.166. The van der Waals surface area contributed by atoms with Crippen LogP contribution in [0.15, 0.2) is 12.5 Å². The van der Waals surface area contributed by atoms with E-state index in [1.54, 1.807) is 0 Å². The van der Waals surface area contributed by atoms with Crippen molar-refractivity contribution in [2.45, 2.75) is 44.3 Å². The molecule has 1 aromatic rings. The fourth-order valence-electron chi connectivity index (χ4n) is 2.29. The number of amides is 1. The predicted octanol–water partition coefficient (Wildman–Crippen LogP) is 0.586. The summed E-state index contributed by atoms with van der Waals surface area (Å²) in [5, 5.41) is 6.42. The Kier molecular flexibility index (Phi) is 2.84. The second-order valence-electron chi connectivity index (χ2n) is 4.94. The summed E-state index contributed by atoms with van der Waals surface area (Å²) in [6, 6.07) is 1.08. The van der Waals surface area contributed by atoms with Gasteiger partial charge >= 0.3 is 0 Å². The molecule has 1 saturated heterocycles. The first-order valence-electron chi connectivity index (χ1n) is 6.34. The molecular weight excluding hydrogens is 216 g/mol. The van der Waals surface area contributed by atoms with Crippen LogP contribution in [0.5, 0.6) is 0 Å². The Bertz CT molecular complexity index is 400. The van der Waals surface area contributed by atoms with Gasteiger partial charge in [-0.15, -0.1) is 0 Å². The van der Waals surface area contributed by atoms with E-state index in [0.29, 0.717) is 18.5 Å². The second-order valence-corrected chi connectivity index (χ2v) is 4.94. The van der Waals surface area contributed by atoms with Crippen LogP contribution in [0, 0.1) is 0 Å². The SMILES string of the molecule is O=C1CCC(n2cncc2CNC2CC2)CN1. The van der Waals surface area contributed by atoms with Crippen molar-refractivity contribution in [3.63, 3.8) is 0 Å². The minimum atomic E-state index is 0.166. The number of carbonyl (C=O) groups excluding carboxylic acids is 1. The highest BCUT2D eigenvalue weighted by Crippen LogP contribution is 2.21. The van der Waals surface area contributed by atoms with Gasteiger partial charge < -0.3 is 15.2 Å². The Morgan fingerprint density at radius 3 is 3.06 bits per heavy atom. The molecule has 1 unspecified atom stereocenters. The first kappa shape index (κ1) is 10.8. The molecule has 0 spiro atoms. The van der Waals surface area contributed by atoms with Crippen molar-refractivity contribution in [3.8, 4) is 0 Å². The summed E-state index contributed by atoms with van der Waals surface area (Å²) in [5.74, 6) is 0.166. The van der Waals surface area contributed by atoms with Crippen LogP contribution in [0.1, 0.15) is 37.4 Å². The van der Waals surface area contributed by atoms with E-state index < -0.39 is 0 Å². The van der Waals surface area contributed by atoms with E-state index in [-0.39, 0.29) is 5.91 Å². The lowest BCUT2D eigenvalue weighted by Crippen LogP contribution is -2.36. The number of rotatable bonds is 4. The van der Waals surface area contributed by atoms with E-state index in [2.05, 4.69) is 20.2 Å². The summed E-state index contributed by atoms with van der Waals surface area (Å²) in [6.45, 7) is 1.61. The van der Waals surface area contributed by atoms with Gasteiger partial charge in [-0.05, 0) is 19.3 Å². The Morgan fingerprint density at radius 2 is 2.35 bits per heavy atom. The molecule has 17 heavy (non-hydrogen) atoms. The van der Waals surface area contributed by atoms with Crippen LogP contribution in [0.2, 0.25) is 0 Å². The number of hydrogen-bond acceptors (Lipinski definition) is 3. The number of hydrogen-bond donors (Lipinski definition) is 2. The van der Waals surface area contributed by atoms with Crippen molar-refractivity contribution >= 4 is 5.91 Å².